The number of carbonyl (C=O) groups excluding carboxylic acids is 1. The lowest BCUT2D eigenvalue weighted by atomic mass is 9.98. The molecule has 1 aliphatic heterocycles. The number of furan rings is 2. The quantitative estimate of drug-likeness (QED) is 0.453. The van der Waals surface area contributed by atoms with Crippen LogP contribution in [0.1, 0.15) is 23.3 Å². The maximum absolute atomic E-state index is 12.0. The van der Waals surface area contributed by atoms with E-state index in [-0.39, 0.29) is 16.7 Å². The average Bonchev–Trinajstić information content (AvgIpc) is 3.29. The molecule has 0 saturated carbocycles. The van der Waals surface area contributed by atoms with Gasteiger partial charge in [-0.2, -0.15) is 0 Å². The van der Waals surface area contributed by atoms with Crippen molar-refractivity contribution in [2.45, 2.75) is 12.2 Å². The molecule has 2 N–H and O–H groups in total. The molecule has 2 aromatic rings. The molecule has 3 heterocycles. The average molecular weight is 364 g/mol. The van der Waals surface area contributed by atoms with Gasteiger partial charge >= 0.3 is 17.7 Å². The van der Waals surface area contributed by atoms with Crippen LogP contribution in [0.15, 0.2) is 45.3 Å². The van der Waals surface area contributed by atoms with Crippen LogP contribution in [0.25, 0.3) is 0 Å². The minimum absolute atomic E-state index is 0.0411. The minimum Gasteiger partial charge on any atom is -0.466 e. The summed E-state index contributed by atoms with van der Waals surface area (Å²) >= 11 is 0. The van der Waals surface area contributed by atoms with Gasteiger partial charge in [0.2, 0.25) is 0 Å². The summed E-state index contributed by atoms with van der Waals surface area (Å²) in [7, 11) is 1.16. The van der Waals surface area contributed by atoms with E-state index >= 15 is 0 Å². The lowest BCUT2D eigenvalue weighted by Crippen LogP contribution is -2.41. The standard InChI is InChI=1S/C14H12N4O8/c1-24-14(19)9-6-15-11(8-3-5-26-13(8)18(22)23)16-10(9)7-2-4-25-12(7)17(20)21/h2-6,10-11,15-16H,1H3/t10-,11+/m0/s1. The summed E-state index contributed by atoms with van der Waals surface area (Å²) in [5, 5.41) is 27.9. The SMILES string of the molecule is COC(=O)C1=CN[C@@H](c2ccoc2[N+](=O)[O-])N[C@H]1c1ccoc1[N+](=O)[O-]. The molecular formula is C14H12N4O8. The van der Waals surface area contributed by atoms with Gasteiger partial charge in [0.1, 0.15) is 21.6 Å². The molecule has 12 nitrogen and oxygen atoms in total. The Kier molecular flexibility index (Phi) is 4.41. The molecule has 0 aliphatic carbocycles. The van der Waals surface area contributed by atoms with Gasteiger partial charge in [0, 0.05) is 6.20 Å². The number of hydrogen-bond donors (Lipinski definition) is 2. The highest BCUT2D eigenvalue weighted by Crippen LogP contribution is 2.36. The van der Waals surface area contributed by atoms with Crippen molar-refractivity contribution in [3.63, 3.8) is 0 Å². The lowest BCUT2D eigenvalue weighted by Gasteiger charge is -2.30. The van der Waals surface area contributed by atoms with Crippen molar-refractivity contribution in [1.29, 1.82) is 0 Å². The number of nitrogens with one attached hydrogen (secondary N) is 2. The Hall–Kier alpha value is -3.67. The molecule has 26 heavy (non-hydrogen) atoms. The van der Waals surface area contributed by atoms with E-state index in [1.165, 1.54) is 18.3 Å². The highest BCUT2D eigenvalue weighted by molar-refractivity contribution is 5.90. The third-order valence-electron chi connectivity index (χ3n) is 3.77. The second kappa shape index (κ2) is 6.68. The Morgan fingerprint density at radius 2 is 1.69 bits per heavy atom. The van der Waals surface area contributed by atoms with Crippen LogP contribution in [0.5, 0.6) is 0 Å². The number of methoxy groups -OCH3 is 1. The van der Waals surface area contributed by atoms with Gasteiger partial charge in [-0.15, -0.1) is 0 Å². The molecule has 0 aromatic carbocycles. The Labute approximate surface area is 144 Å². The zero-order valence-electron chi connectivity index (χ0n) is 13.2. The van der Waals surface area contributed by atoms with Crippen LogP contribution in [0.4, 0.5) is 11.8 Å². The molecule has 0 spiro atoms. The second-order valence-electron chi connectivity index (χ2n) is 5.17. The van der Waals surface area contributed by atoms with E-state index in [4.69, 9.17) is 13.6 Å². The highest BCUT2D eigenvalue weighted by atomic mass is 16.7. The summed E-state index contributed by atoms with van der Waals surface area (Å²) in [6, 6.07) is 1.71. The second-order valence-corrected chi connectivity index (χ2v) is 5.17. The molecule has 0 amide bonds. The monoisotopic (exact) mass is 364 g/mol. The van der Waals surface area contributed by atoms with Crippen molar-refractivity contribution < 1.29 is 28.2 Å². The molecule has 0 unspecified atom stereocenters. The van der Waals surface area contributed by atoms with Gasteiger partial charge in [0.05, 0.1) is 36.8 Å². The Bertz CT molecular complexity index is 898. The molecular weight excluding hydrogens is 352 g/mol. The van der Waals surface area contributed by atoms with Crippen LogP contribution >= 0.6 is 0 Å². The maximum Gasteiger partial charge on any atom is 0.439 e. The Morgan fingerprint density at radius 3 is 2.27 bits per heavy atom. The van der Waals surface area contributed by atoms with E-state index in [2.05, 4.69) is 10.6 Å². The predicted octanol–water partition coefficient (Wildman–Crippen LogP) is 1.68. The van der Waals surface area contributed by atoms with E-state index in [0.29, 0.717) is 0 Å². The van der Waals surface area contributed by atoms with Crippen molar-refractivity contribution in [3.05, 3.63) is 67.8 Å². The first-order valence-electron chi connectivity index (χ1n) is 7.18. The van der Waals surface area contributed by atoms with Crippen LogP contribution in [-0.4, -0.2) is 22.9 Å². The molecule has 2 atom stereocenters. The molecule has 0 fully saturated rings. The van der Waals surface area contributed by atoms with Crippen LogP contribution in [-0.2, 0) is 9.53 Å². The zero-order chi connectivity index (χ0) is 18.8. The summed E-state index contributed by atoms with van der Waals surface area (Å²) in [4.78, 5) is 32.8. The van der Waals surface area contributed by atoms with Crippen LogP contribution in [0, 0.1) is 20.2 Å². The van der Waals surface area contributed by atoms with Crippen LogP contribution < -0.4 is 10.6 Å². The fourth-order valence-corrected chi connectivity index (χ4v) is 2.65. The molecule has 136 valence electrons. The first-order chi connectivity index (χ1) is 12.4. The van der Waals surface area contributed by atoms with Crippen molar-refractivity contribution in [2.24, 2.45) is 0 Å². The molecule has 0 radical (unpaired) electrons. The summed E-state index contributed by atoms with van der Waals surface area (Å²) < 4.78 is 14.4. The van der Waals surface area contributed by atoms with Gasteiger partial charge in [-0.05, 0) is 12.1 Å². The topological polar surface area (TPSA) is 163 Å². The van der Waals surface area contributed by atoms with Crippen molar-refractivity contribution >= 4 is 17.7 Å². The van der Waals surface area contributed by atoms with Crippen molar-refractivity contribution in [1.82, 2.24) is 10.6 Å². The number of ether oxygens (including phenoxy) is 1. The van der Waals surface area contributed by atoms with Crippen LogP contribution in [0.2, 0.25) is 0 Å². The first kappa shape index (κ1) is 17.2. The fourth-order valence-electron chi connectivity index (χ4n) is 2.65. The van der Waals surface area contributed by atoms with Gasteiger partial charge in [0.25, 0.3) is 0 Å². The van der Waals surface area contributed by atoms with Crippen LogP contribution in [0.3, 0.4) is 0 Å². The maximum atomic E-state index is 12.0. The summed E-state index contributed by atoms with van der Waals surface area (Å²) in [5.41, 5.74) is 0.273. The summed E-state index contributed by atoms with van der Waals surface area (Å²) in [6.07, 6.45) is 2.69. The zero-order valence-corrected chi connectivity index (χ0v) is 13.2. The highest BCUT2D eigenvalue weighted by Gasteiger charge is 2.38. The van der Waals surface area contributed by atoms with Gasteiger partial charge in [-0.3, -0.25) is 25.5 Å². The molecule has 12 heteroatoms. The van der Waals surface area contributed by atoms with E-state index < -0.39 is 39.8 Å². The summed E-state index contributed by atoms with van der Waals surface area (Å²) in [5.74, 6) is -1.78. The van der Waals surface area contributed by atoms with Gasteiger partial charge in [-0.1, -0.05) is 0 Å². The third-order valence-corrected chi connectivity index (χ3v) is 3.77. The smallest absolute Gasteiger partial charge is 0.439 e. The van der Waals surface area contributed by atoms with E-state index in [0.717, 1.165) is 19.6 Å². The van der Waals surface area contributed by atoms with Gasteiger partial charge in [-0.25, -0.2) is 4.79 Å². The largest absolute Gasteiger partial charge is 0.466 e. The number of hydrogen-bond acceptors (Lipinski definition) is 10. The fraction of sp³-hybridized carbons (Fsp3) is 0.214. The number of nitrogens with zero attached hydrogens (tertiary/aromatic N) is 2. The Balaban J connectivity index is 2.03. The molecule has 3 rings (SSSR count). The number of nitro groups is 2. The number of rotatable bonds is 5. The summed E-state index contributed by atoms with van der Waals surface area (Å²) in [6.45, 7) is 0. The number of esters is 1. The van der Waals surface area contributed by atoms with E-state index in [1.807, 2.05) is 0 Å². The molecule has 2 aromatic heterocycles. The predicted molar refractivity (Wildman–Crippen MR) is 82.6 cm³/mol. The molecule has 0 saturated heterocycles. The minimum atomic E-state index is -0.998. The van der Waals surface area contributed by atoms with E-state index in [9.17, 15) is 25.0 Å². The molecule has 1 aliphatic rings. The Morgan fingerprint density at radius 1 is 1.12 bits per heavy atom. The lowest BCUT2D eigenvalue weighted by molar-refractivity contribution is -0.403. The molecule has 0 bridgehead atoms. The normalized spacial score (nSPS) is 19.3. The van der Waals surface area contributed by atoms with Gasteiger partial charge < -0.3 is 18.9 Å². The first-order valence-corrected chi connectivity index (χ1v) is 7.18. The van der Waals surface area contributed by atoms with Crippen molar-refractivity contribution in [3.8, 4) is 0 Å². The van der Waals surface area contributed by atoms with Crippen molar-refractivity contribution in [2.75, 3.05) is 7.11 Å². The van der Waals surface area contributed by atoms with E-state index in [1.54, 1.807) is 0 Å². The number of carbonyl (C=O) groups is 1. The third kappa shape index (κ3) is 2.88. The van der Waals surface area contributed by atoms with Gasteiger partial charge in [0.15, 0.2) is 0 Å².